The number of nitrogens with zero attached hydrogens (tertiary/aromatic N) is 2. The standard InChI is InChI=1S/C17H15N3O3/c1-23-16-8-12(4-5-15(16)21)7-14(9-18)17(22)20-11-13-3-2-6-19-10-13/h2-8,10,21H,11H2,1H3,(H,20,22)/b14-7-. The normalized spacial score (nSPS) is 10.7. The molecule has 0 spiro atoms. The van der Waals surface area contributed by atoms with Crippen LogP contribution in [0.2, 0.25) is 0 Å². The lowest BCUT2D eigenvalue weighted by Gasteiger charge is -2.06. The molecule has 2 aromatic rings. The van der Waals surface area contributed by atoms with Gasteiger partial charge in [-0.3, -0.25) is 9.78 Å². The summed E-state index contributed by atoms with van der Waals surface area (Å²) < 4.78 is 5.00. The third-order valence-electron chi connectivity index (χ3n) is 3.06. The second-order valence-corrected chi connectivity index (χ2v) is 4.65. The molecule has 6 nitrogen and oxygen atoms in total. The van der Waals surface area contributed by atoms with Gasteiger partial charge < -0.3 is 15.2 Å². The van der Waals surface area contributed by atoms with E-state index in [4.69, 9.17) is 10.00 Å². The minimum absolute atomic E-state index is 0.0100. The maximum atomic E-state index is 12.1. The number of methoxy groups -OCH3 is 1. The SMILES string of the molecule is COc1cc(/C=C(/C#N)C(=O)NCc2cccnc2)ccc1O. The molecule has 116 valence electrons. The smallest absolute Gasteiger partial charge is 0.262 e. The van der Waals surface area contributed by atoms with E-state index in [1.54, 1.807) is 30.6 Å². The zero-order valence-electron chi connectivity index (χ0n) is 12.5. The summed E-state index contributed by atoms with van der Waals surface area (Å²) in [4.78, 5) is 16.0. The van der Waals surface area contributed by atoms with E-state index in [-0.39, 0.29) is 23.6 Å². The molecule has 0 aliphatic heterocycles. The summed E-state index contributed by atoms with van der Waals surface area (Å²) in [5, 5.41) is 21.4. The highest BCUT2D eigenvalue weighted by atomic mass is 16.5. The van der Waals surface area contributed by atoms with Gasteiger partial charge in [-0.25, -0.2) is 0 Å². The van der Waals surface area contributed by atoms with Gasteiger partial charge in [-0.1, -0.05) is 12.1 Å². The largest absolute Gasteiger partial charge is 0.504 e. The molecule has 2 N–H and O–H groups in total. The number of rotatable bonds is 5. The van der Waals surface area contributed by atoms with Gasteiger partial charge in [0.25, 0.3) is 5.91 Å². The summed E-state index contributed by atoms with van der Waals surface area (Å²) in [5.41, 5.74) is 1.37. The van der Waals surface area contributed by atoms with Gasteiger partial charge in [-0.05, 0) is 35.4 Å². The van der Waals surface area contributed by atoms with Gasteiger partial charge in [-0.2, -0.15) is 5.26 Å². The number of nitrogens with one attached hydrogen (secondary N) is 1. The molecule has 0 aliphatic carbocycles. The van der Waals surface area contributed by atoms with Crippen molar-refractivity contribution < 1.29 is 14.6 Å². The van der Waals surface area contributed by atoms with Crippen molar-refractivity contribution in [1.82, 2.24) is 10.3 Å². The highest BCUT2D eigenvalue weighted by Crippen LogP contribution is 2.27. The van der Waals surface area contributed by atoms with Gasteiger partial charge in [0.2, 0.25) is 0 Å². The predicted octanol–water partition coefficient (Wildman–Crippen LogP) is 2.02. The van der Waals surface area contributed by atoms with Gasteiger partial charge >= 0.3 is 0 Å². The molecule has 0 fully saturated rings. The number of nitriles is 1. The fourth-order valence-electron chi connectivity index (χ4n) is 1.88. The molecular weight excluding hydrogens is 294 g/mol. The number of hydrogen-bond donors (Lipinski definition) is 2. The Kier molecular flexibility index (Phi) is 5.31. The minimum Gasteiger partial charge on any atom is -0.504 e. The van der Waals surface area contributed by atoms with Crippen LogP contribution in [-0.4, -0.2) is 23.1 Å². The topological polar surface area (TPSA) is 95.2 Å². The van der Waals surface area contributed by atoms with Crippen LogP contribution in [0, 0.1) is 11.3 Å². The Hall–Kier alpha value is -3.33. The number of aromatic hydroxyl groups is 1. The van der Waals surface area contributed by atoms with E-state index >= 15 is 0 Å². The van der Waals surface area contributed by atoms with Crippen molar-refractivity contribution in [3.05, 3.63) is 59.4 Å². The fraction of sp³-hybridized carbons (Fsp3) is 0.118. The number of benzene rings is 1. The van der Waals surface area contributed by atoms with Gasteiger partial charge in [0.05, 0.1) is 7.11 Å². The number of amides is 1. The minimum atomic E-state index is -0.483. The zero-order chi connectivity index (χ0) is 16.7. The predicted molar refractivity (Wildman–Crippen MR) is 84.3 cm³/mol. The summed E-state index contributed by atoms with van der Waals surface area (Å²) in [6.07, 6.45) is 4.71. The number of phenols is 1. The number of ether oxygens (including phenoxy) is 1. The molecule has 1 aromatic heterocycles. The van der Waals surface area contributed by atoms with Crippen molar-refractivity contribution in [3.63, 3.8) is 0 Å². The van der Waals surface area contributed by atoms with Crippen LogP contribution in [0.5, 0.6) is 11.5 Å². The molecule has 23 heavy (non-hydrogen) atoms. The van der Waals surface area contributed by atoms with Crippen molar-refractivity contribution in [2.75, 3.05) is 7.11 Å². The lowest BCUT2D eigenvalue weighted by Crippen LogP contribution is -2.24. The van der Waals surface area contributed by atoms with Crippen molar-refractivity contribution >= 4 is 12.0 Å². The maximum absolute atomic E-state index is 12.1. The summed E-state index contributed by atoms with van der Waals surface area (Å²) in [7, 11) is 1.42. The van der Waals surface area contributed by atoms with E-state index in [1.165, 1.54) is 19.3 Å². The van der Waals surface area contributed by atoms with Crippen molar-refractivity contribution in [2.24, 2.45) is 0 Å². The second kappa shape index (κ2) is 7.61. The highest BCUT2D eigenvalue weighted by Gasteiger charge is 2.10. The second-order valence-electron chi connectivity index (χ2n) is 4.65. The first-order valence-corrected chi connectivity index (χ1v) is 6.80. The number of aromatic nitrogens is 1. The molecule has 0 saturated heterocycles. The molecule has 0 radical (unpaired) electrons. The average Bonchev–Trinajstić information content (AvgIpc) is 2.59. The first kappa shape index (κ1) is 16.0. The van der Waals surface area contributed by atoms with Crippen LogP contribution in [0.3, 0.4) is 0 Å². The zero-order valence-corrected chi connectivity index (χ0v) is 12.5. The Morgan fingerprint density at radius 1 is 1.48 bits per heavy atom. The molecule has 2 rings (SSSR count). The Balaban J connectivity index is 2.12. The van der Waals surface area contributed by atoms with E-state index in [1.807, 2.05) is 12.1 Å². The molecule has 1 amide bonds. The van der Waals surface area contributed by atoms with Gasteiger partial charge in [-0.15, -0.1) is 0 Å². The lowest BCUT2D eigenvalue weighted by atomic mass is 10.1. The first-order chi connectivity index (χ1) is 11.1. The van der Waals surface area contributed by atoms with E-state index in [2.05, 4.69) is 10.3 Å². The van der Waals surface area contributed by atoms with Crippen LogP contribution in [0.15, 0.2) is 48.3 Å². The Bertz CT molecular complexity index is 764. The molecule has 0 atom stereocenters. The van der Waals surface area contributed by atoms with E-state index < -0.39 is 5.91 Å². The van der Waals surface area contributed by atoms with Crippen LogP contribution in [-0.2, 0) is 11.3 Å². The van der Waals surface area contributed by atoms with Crippen LogP contribution in [0.1, 0.15) is 11.1 Å². The number of carbonyl (C=O) groups is 1. The van der Waals surface area contributed by atoms with E-state index in [0.29, 0.717) is 5.56 Å². The van der Waals surface area contributed by atoms with E-state index in [0.717, 1.165) is 5.56 Å². The monoisotopic (exact) mass is 309 g/mol. The van der Waals surface area contributed by atoms with Crippen LogP contribution >= 0.6 is 0 Å². The Labute approximate surface area is 133 Å². The number of hydrogen-bond acceptors (Lipinski definition) is 5. The summed E-state index contributed by atoms with van der Waals surface area (Å²) in [6.45, 7) is 0.282. The molecule has 1 aromatic carbocycles. The van der Waals surface area contributed by atoms with Crippen LogP contribution in [0.4, 0.5) is 0 Å². The maximum Gasteiger partial charge on any atom is 0.262 e. The van der Waals surface area contributed by atoms with Gasteiger partial charge in [0.1, 0.15) is 11.6 Å². The summed E-state index contributed by atoms with van der Waals surface area (Å²) in [6, 6.07) is 10.0. The average molecular weight is 309 g/mol. The number of phenolic OH excluding ortho intramolecular Hbond substituents is 1. The third-order valence-corrected chi connectivity index (χ3v) is 3.06. The van der Waals surface area contributed by atoms with Gasteiger partial charge in [0, 0.05) is 18.9 Å². The lowest BCUT2D eigenvalue weighted by molar-refractivity contribution is -0.117. The van der Waals surface area contributed by atoms with Gasteiger partial charge in [0.15, 0.2) is 11.5 Å². The van der Waals surface area contributed by atoms with Crippen LogP contribution < -0.4 is 10.1 Å². The van der Waals surface area contributed by atoms with Crippen LogP contribution in [0.25, 0.3) is 6.08 Å². The first-order valence-electron chi connectivity index (χ1n) is 6.80. The fourth-order valence-corrected chi connectivity index (χ4v) is 1.88. The van der Waals surface area contributed by atoms with Crippen molar-refractivity contribution in [2.45, 2.75) is 6.54 Å². The molecule has 6 heteroatoms. The molecule has 0 saturated carbocycles. The number of carbonyl (C=O) groups excluding carboxylic acids is 1. The highest BCUT2D eigenvalue weighted by molar-refractivity contribution is 6.01. The summed E-state index contributed by atoms with van der Waals surface area (Å²) >= 11 is 0. The molecule has 1 heterocycles. The Morgan fingerprint density at radius 2 is 2.30 bits per heavy atom. The van der Waals surface area contributed by atoms with Crippen molar-refractivity contribution in [1.29, 1.82) is 5.26 Å². The Morgan fingerprint density at radius 3 is 2.96 bits per heavy atom. The quantitative estimate of drug-likeness (QED) is 0.651. The molecule has 0 aliphatic rings. The van der Waals surface area contributed by atoms with Crippen molar-refractivity contribution in [3.8, 4) is 17.6 Å². The molecule has 0 bridgehead atoms. The molecular formula is C17H15N3O3. The third kappa shape index (κ3) is 4.32. The number of pyridine rings is 1. The molecule has 0 unspecified atom stereocenters. The summed E-state index contributed by atoms with van der Waals surface area (Å²) in [5.74, 6) is -0.223. The van der Waals surface area contributed by atoms with E-state index in [9.17, 15) is 9.90 Å².